The summed E-state index contributed by atoms with van der Waals surface area (Å²) in [5.74, 6) is -0.583. The lowest BCUT2D eigenvalue weighted by Gasteiger charge is -2.15. The molecule has 0 spiro atoms. The van der Waals surface area contributed by atoms with Crippen molar-refractivity contribution in [1.82, 2.24) is 0 Å². The maximum absolute atomic E-state index is 12.2. The number of aliphatic hydroxyl groups excluding tert-OH is 1. The lowest BCUT2D eigenvalue weighted by Crippen LogP contribution is -2.28. The van der Waals surface area contributed by atoms with Gasteiger partial charge in [-0.25, -0.2) is 0 Å². The van der Waals surface area contributed by atoms with Crippen LogP contribution in [0.3, 0.4) is 0 Å². The van der Waals surface area contributed by atoms with Gasteiger partial charge in [-0.1, -0.05) is 242 Å². The summed E-state index contributed by atoms with van der Waals surface area (Å²) < 4.78 is 10.6. The van der Waals surface area contributed by atoms with Gasteiger partial charge in [0.1, 0.15) is 6.61 Å². The Balaban J connectivity index is 3.42. The highest BCUT2D eigenvalue weighted by molar-refractivity contribution is 5.70. The Morgan fingerprint density at radius 1 is 0.407 bits per heavy atom. The van der Waals surface area contributed by atoms with Gasteiger partial charge in [0.25, 0.3) is 0 Å². The van der Waals surface area contributed by atoms with Crippen LogP contribution in [0.15, 0.2) is 60.8 Å². The predicted octanol–water partition coefficient (Wildman–Crippen LogP) is 16.7. The molecule has 0 radical (unpaired) electrons. The first-order chi connectivity index (χ1) is 29.1. The Labute approximate surface area is 366 Å². The van der Waals surface area contributed by atoms with E-state index in [4.69, 9.17) is 9.47 Å². The Hall–Kier alpha value is -2.40. The highest BCUT2D eigenvalue weighted by atomic mass is 16.6. The molecule has 0 aromatic rings. The van der Waals surface area contributed by atoms with E-state index in [0.717, 1.165) is 70.6 Å². The van der Waals surface area contributed by atoms with Crippen molar-refractivity contribution < 1.29 is 24.2 Å². The zero-order valence-electron chi connectivity index (χ0n) is 39.0. The smallest absolute Gasteiger partial charge is 0.306 e. The third-order valence-corrected chi connectivity index (χ3v) is 11.1. The summed E-state index contributed by atoms with van der Waals surface area (Å²) >= 11 is 0. The molecule has 5 heteroatoms. The molecule has 0 amide bonds. The quantitative estimate of drug-likeness (QED) is 0.0376. The van der Waals surface area contributed by atoms with Gasteiger partial charge in [0, 0.05) is 12.8 Å². The van der Waals surface area contributed by atoms with E-state index in [1.807, 2.05) is 0 Å². The molecule has 0 aromatic heterocycles. The zero-order valence-corrected chi connectivity index (χ0v) is 39.0. The molecular formula is C54H96O5. The number of hydrogen-bond acceptors (Lipinski definition) is 5. The molecule has 0 aliphatic heterocycles. The van der Waals surface area contributed by atoms with Gasteiger partial charge in [-0.05, 0) is 57.8 Å². The van der Waals surface area contributed by atoms with Gasteiger partial charge in [-0.3, -0.25) is 9.59 Å². The topological polar surface area (TPSA) is 72.8 Å². The normalized spacial score (nSPS) is 12.7. The maximum atomic E-state index is 12.2. The Kier molecular flexibility index (Phi) is 47.9. The maximum Gasteiger partial charge on any atom is 0.306 e. The number of rotatable bonds is 46. The fourth-order valence-electron chi connectivity index (χ4n) is 7.29. The van der Waals surface area contributed by atoms with E-state index in [0.29, 0.717) is 12.8 Å². The average Bonchev–Trinajstić information content (AvgIpc) is 3.24. The predicted molar refractivity (Wildman–Crippen MR) is 256 cm³/mol. The minimum atomic E-state index is -0.767. The Morgan fingerprint density at radius 2 is 0.729 bits per heavy atom. The lowest BCUT2D eigenvalue weighted by atomic mass is 10.0. The number of carbonyl (C=O) groups excluding carboxylic acids is 2. The van der Waals surface area contributed by atoms with E-state index in [9.17, 15) is 14.7 Å². The standard InChI is InChI=1S/C54H96O5/c1-3-5-7-9-11-13-15-16-17-18-19-20-21-22-23-24-25-26-27-28-29-30-31-32-33-34-35-36-37-38-39-41-43-45-47-49-54(57)59-52(50-55)51-58-53(56)48-46-44-42-40-14-12-10-8-6-4-2/h5,7,11,13,16-17,19-20,22-23,52,55H,3-4,6,8-10,12,14-15,18,21,24-51H2,1-2H3/b7-5-,13-11-,17-16-,20-19-,23-22-. The summed E-state index contributed by atoms with van der Waals surface area (Å²) in [6.45, 7) is 4.02. The van der Waals surface area contributed by atoms with Gasteiger partial charge >= 0.3 is 11.9 Å². The van der Waals surface area contributed by atoms with Crippen LogP contribution in [0, 0.1) is 0 Å². The number of hydrogen-bond donors (Lipinski definition) is 1. The monoisotopic (exact) mass is 825 g/mol. The number of unbranched alkanes of at least 4 members (excludes halogenated alkanes) is 28. The van der Waals surface area contributed by atoms with Crippen LogP contribution in [0.4, 0.5) is 0 Å². The van der Waals surface area contributed by atoms with Crippen LogP contribution in [-0.4, -0.2) is 36.4 Å². The lowest BCUT2D eigenvalue weighted by molar-refractivity contribution is -0.161. The number of aliphatic hydroxyl groups is 1. The minimum absolute atomic E-state index is 0.0620. The van der Waals surface area contributed by atoms with Crippen molar-refractivity contribution >= 4 is 11.9 Å². The molecule has 0 aromatic carbocycles. The summed E-state index contributed by atoms with van der Waals surface area (Å²) in [6.07, 6.45) is 66.2. The van der Waals surface area contributed by atoms with Gasteiger partial charge in [-0.15, -0.1) is 0 Å². The highest BCUT2D eigenvalue weighted by Gasteiger charge is 2.16. The van der Waals surface area contributed by atoms with Crippen LogP contribution in [0.5, 0.6) is 0 Å². The molecule has 0 rings (SSSR count). The molecule has 1 N–H and O–H groups in total. The van der Waals surface area contributed by atoms with Gasteiger partial charge in [0.15, 0.2) is 6.10 Å². The van der Waals surface area contributed by atoms with Crippen LogP contribution < -0.4 is 0 Å². The molecule has 1 atom stereocenters. The van der Waals surface area contributed by atoms with E-state index < -0.39 is 6.10 Å². The van der Waals surface area contributed by atoms with Crippen molar-refractivity contribution in [2.45, 2.75) is 258 Å². The van der Waals surface area contributed by atoms with Crippen molar-refractivity contribution in [2.75, 3.05) is 13.2 Å². The fraction of sp³-hybridized carbons (Fsp3) is 0.778. The second kappa shape index (κ2) is 50.0. The van der Waals surface area contributed by atoms with Crippen molar-refractivity contribution in [3.63, 3.8) is 0 Å². The van der Waals surface area contributed by atoms with Crippen LogP contribution in [0.2, 0.25) is 0 Å². The van der Waals surface area contributed by atoms with E-state index in [1.165, 1.54) is 154 Å². The van der Waals surface area contributed by atoms with E-state index in [-0.39, 0.29) is 25.2 Å². The van der Waals surface area contributed by atoms with Crippen LogP contribution >= 0.6 is 0 Å². The summed E-state index contributed by atoms with van der Waals surface area (Å²) in [5, 5.41) is 9.58. The van der Waals surface area contributed by atoms with E-state index in [2.05, 4.69) is 74.6 Å². The number of ether oxygens (including phenoxy) is 2. The molecule has 1 unspecified atom stereocenters. The Morgan fingerprint density at radius 3 is 1.10 bits per heavy atom. The van der Waals surface area contributed by atoms with Crippen LogP contribution in [0.25, 0.3) is 0 Å². The van der Waals surface area contributed by atoms with E-state index >= 15 is 0 Å². The summed E-state index contributed by atoms with van der Waals surface area (Å²) in [5.41, 5.74) is 0. The van der Waals surface area contributed by atoms with Gasteiger partial charge in [0.05, 0.1) is 6.61 Å². The largest absolute Gasteiger partial charge is 0.462 e. The molecule has 59 heavy (non-hydrogen) atoms. The molecule has 0 saturated heterocycles. The van der Waals surface area contributed by atoms with Crippen LogP contribution in [0.1, 0.15) is 251 Å². The van der Waals surface area contributed by atoms with Gasteiger partial charge < -0.3 is 14.6 Å². The summed E-state index contributed by atoms with van der Waals surface area (Å²) in [4.78, 5) is 24.3. The molecule has 0 fully saturated rings. The van der Waals surface area contributed by atoms with Crippen molar-refractivity contribution in [3.8, 4) is 0 Å². The second-order valence-electron chi connectivity index (χ2n) is 16.9. The molecule has 342 valence electrons. The Bertz CT molecular complexity index is 1020. The van der Waals surface area contributed by atoms with Gasteiger partial charge in [-0.2, -0.15) is 0 Å². The number of carbonyl (C=O) groups is 2. The zero-order chi connectivity index (χ0) is 42.8. The first-order valence-electron chi connectivity index (χ1n) is 25.3. The number of esters is 2. The molecule has 0 aliphatic carbocycles. The van der Waals surface area contributed by atoms with Gasteiger partial charge in [0.2, 0.25) is 0 Å². The summed E-state index contributed by atoms with van der Waals surface area (Å²) in [6, 6.07) is 0. The molecule has 0 aliphatic rings. The summed E-state index contributed by atoms with van der Waals surface area (Å²) in [7, 11) is 0. The van der Waals surface area contributed by atoms with E-state index in [1.54, 1.807) is 0 Å². The molecule has 0 heterocycles. The third-order valence-electron chi connectivity index (χ3n) is 11.1. The fourth-order valence-corrected chi connectivity index (χ4v) is 7.29. The van der Waals surface area contributed by atoms with Crippen molar-refractivity contribution in [1.29, 1.82) is 0 Å². The molecule has 0 bridgehead atoms. The third kappa shape index (κ3) is 48.1. The SMILES string of the molecule is CC/C=C\C/C=C\C/C=C\C/C=C\C/C=C\CCCCCCCCCCCCCCCCCCCCCC(=O)OC(CO)COC(=O)CCCCCCCCCCCC. The second-order valence-corrected chi connectivity index (χ2v) is 16.9. The average molecular weight is 825 g/mol. The first-order valence-corrected chi connectivity index (χ1v) is 25.3. The van der Waals surface area contributed by atoms with Crippen molar-refractivity contribution in [2.24, 2.45) is 0 Å². The van der Waals surface area contributed by atoms with Crippen LogP contribution in [-0.2, 0) is 19.1 Å². The number of allylic oxidation sites excluding steroid dienone is 10. The molecular weight excluding hydrogens is 729 g/mol. The first kappa shape index (κ1) is 56.6. The minimum Gasteiger partial charge on any atom is -0.462 e. The molecule has 5 nitrogen and oxygen atoms in total. The molecule has 0 saturated carbocycles. The highest BCUT2D eigenvalue weighted by Crippen LogP contribution is 2.16. The van der Waals surface area contributed by atoms with Crippen molar-refractivity contribution in [3.05, 3.63) is 60.8 Å².